The topological polar surface area (TPSA) is 26.5 Å². The molecule has 0 saturated carbocycles. The summed E-state index contributed by atoms with van der Waals surface area (Å²) in [5.41, 5.74) is 5.47. The zero-order valence-corrected chi connectivity index (χ0v) is 5.70. The number of rotatable bonds is 0. The average Bonchev–Trinajstić information content (AvgIpc) is 2.05. The third-order valence-corrected chi connectivity index (χ3v) is 1.84. The quantitative estimate of drug-likeness (QED) is 0.444. The Hall–Kier alpha value is -1.05. The van der Waals surface area contributed by atoms with Gasteiger partial charge in [0.25, 0.3) is 0 Å². The van der Waals surface area contributed by atoms with Crippen LogP contribution in [-0.2, 0) is 0 Å². The van der Waals surface area contributed by atoms with Crippen molar-refractivity contribution in [2.45, 2.75) is 18.9 Å². The molecule has 2 nitrogen and oxygen atoms in total. The molecule has 1 radical (unpaired) electrons. The van der Waals surface area contributed by atoms with Gasteiger partial charge in [0.1, 0.15) is 6.04 Å². The largest absolute Gasteiger partial charge is 0.177 e. The first-order valence-electron chi connectivity index (χ1n) is 3.56. The summed E-state index contributed by atoms with van der Waals surface area (Å²) in [5.74, 6) is 0. The minimum absolute atomic E-state index is 0.263. The summed E-state index contributed by atoms with van der Waals surface area (Å²) < 4.78 is 0. The summed E-state index contributed by atoms with van der Waals surface area (Å²) >= 11 is 0. The Morgan fingerprint density at radius 2 is 2.50 bits per heavy atom. The molecule has 0 aromatic carbocycles. The Kier molecular flexibility index (Phi) is 1.31. The van der Waals surface area contributed by atoms with Gasteiger partial charge in [0, 0.05) is 6.21 Å². The molecule has 0 saturated heterocycles. The fraction of sp³-hybridized carbons (Fsp3) is 0.375. The molecule has 51 valence electrons. The lowest BCUT2D eigenvalue weighted by Crippen LogP contribution is -2.23. The van der Waals surface area contributed by atoms with Gasteiger partial charge in [-0.15, -0.1) is 0 Å². The van der Waals surface area contributed by atoms with E-state index in [-0.39, 0.29) is 6.04 Å². The summed E-state index contributed by atoms with van der Waals surface area (Å²) in [5, 5.41) is 3.83. The van der Waals surface area contributed by atoms with E-state index in [2.05, 4.69) is 28.8 Å². The normalized spacial score (nSPS) is 28.8. The molecule has 0 bridgehead atoms. The second-order valence-electron chi connectivity index (χ2n) is 2.53. The lowest BCUT2D eigenvalue weighted by molar-refractivity contribution is 0.630. The number of hydrogen-bond donors (Lipinski definition) is 0. The van der Waals surface area contributed by atoms with E-state index in [0.29, 0.717) is 0 Å². The molecule has 0 fully saturated rings. The Morgan fingerprint density at radius 3 is 3.40 bits per heavy atom. The molecule has 0 spiro atoms. The van der Waals surface area contributed by atoms with E-state index < -0.39 is 0 Å². The Morgan fingerprint density at radius 1 is 1.50 bits per heavy atom. The predicted octanol–water partition coefficient (Wildman–Crippen LogP) is 1.24. The van der Waals surface area contributed by atoms with Crippen LogP contribution in [0, 0.1) is 0 Å². The van der Waals surface area contributed by atoms with Crippen molar-refractivity contribution in [1.82, 2.24) is 5.43 Å². The molecule has 1 unspecified atom stereocenters. The fourth-order valence-corrected chi connectivity index (χ4v) is 1.28. The van der Waals surface area contributed by atoms with Gasteiger partial charge in [-0.05, 0) is 24.5 Å². The molecule has 1 atom stereocenters. The summed E-state index contributed by atoms with van der Waals surface area (Å²) in [4.78, 5) is 0. The molecule has 1 aliphatic carbocycles. The summed E-state index contributed by atoms with van der Waals surface area (Å²) in [6, 6.07) is 0.263. The third-order valence-electron chi connectivity index (χ3n) is 1.84. The van der Waals surface area contributed by atoms with Crippen LogP contribution in [0.1, 0.15) is 12.8 Å². The van der Waals surface area contributed by atoms with Gasteiger partial charge in [-0.25, -0.2) is 0 Å². The smallest absolute Gasteiger partial charge is 0.111 e. The molecular weight excluding hydrogens is 124 g/mol. The minimum Gasteiger partial charge on any atom is -0.177 e. The van der Waals surface area contributed by atoms with Crippen LogP contribution in [0.15, 0.2) is 28.9 Å². The SMILES string of the molecule is C1=CC2[N]N=CC=C2CC1. The highest BCUT2D eigenvalue weighted by atomic mass is 15.3. The van der Waals surface area contributed by atoms with Gasteiger partial charge in [0.05, 0.1) is 0 Å². The van der Waals surface area contributed by atoms with Crippen molar-refractivity contribution < 1.29 is 0 Å². The molecule has 0 N–H and O–H groups in total. The minimum atomic E-state index is 0.263. The van der Waals surface area contributed by atoms with E-state index in [1.165, 1.54) is 5.57 Å². The van der Waals surface area contributed by atoms with Crippen LogP contribution in [0.2, 0.25) is 0 Å². The van der Waals surface area contributed by atoms with Crippen LogP contribution in [0.25, 0.3) is 0 Å². The van der Waals surface area contributed by atoms with Gasteiger partial charge in [0.15, 0.2) is 0 Å². The first-order chi connectivity index (χ1) is 4.97. The van der Waals surface area contributed by atoms with Crippen LogP contribution in [0.3, 0.4) is 0 Å². The highest BCUT2D eigenvalue weighted by Gasteiger charge is 2.15. The third kappa shape index (κ3) is 0.856. The van der Waals surface area contributed by atoms with E-state index in [4.69, 9.17) is 0 Å². The molecule has 2 heteroatoms. The van der Waals surface area contributed by atoms with Gasteiger partial charge in [-0.2, -0.15) is 10.5 Å². The van der Waals surface area contributed by atoms with Crippen LogP contribution in [-0.4, -0.2) is 12.3 Å². The maximum atomic E-state index is 4.07. The van der Waals surface area contributed by atoms with Crippen LogP contribution in [0.5, 0.6) is 0 Å². The molecule has 2 aliphatic rings. The molecule has 0 aromatic heterocycles. The van der Waals surface area contributed by atoms with E-state index in [1.807, 2.05) is 0 Å². The Bertz CT molecular complexity index is 213. The van der Waals surface area contributed by atoms with Crippen molar-refractivity contribution in [3.05, 3.63) is 23.8 Å². The monoisotopic (exact) mass is 133 g/mol. The predicted molar refractivity (Wildman–Crippen MR) is 40.9 cm³/mol. The van der Waals surface area contributed by atoms with E-state index in [9.17, 15) is 0 Å². The van der Waals surface area contributed by atoms with Crippen molar-refractivity contribution in [2.24, 2.45) is 5.10 Å². The first-order valence-corrected chi connectivity index (χ1v) is 3.56. The average molecular weight is 133 g/mol. The molecule has 1 aliphatic heterocycles. The summed E-state index contributed by atoms with van der Waals surface area (Å²) in [6.07, 6.45) is 10.4. The first kappa shape index (κ1) is 5.71. The van der Waals surface area contributed by atoms with Crippen molar-refractivity contribution in [1.29, 1.82) is 0 Å². The molecule has 2 rings (SSSR count). The van der Waals surface area contributed by atoms with Gasteiger partial charge < -0.3 is 0 Å². The van der Waals surface area contributed by atoms with Crippen molar-refractivity contribution in [3.63, 3.8) is 0 Å². The second kappa shape index (κ2) is 2.29. The Labute approximate surface area is 60.3 Å². The van der Waals surface area contributed by atoms with E-state index in [1.54, 1.807) is 6.21 Å². The maximum absolute atomic E-state index is 4.07. The molecule has 1 heterocycles. The number of allylic oxidation sites excluding steroid dienone is 2. The van der Waals surface area contributed by atoms with Gasteiger partial charge in [0.2, 0.25) is 0 Å². The highest BCUT2D eigenvalue weighted by molar-refractivity contribution is 5.73. The van der Waals surface area contributed by atoms with Gasteiger partial charge in [-0.3, -0.25) is 0 Å². The van der Waals surface area contributed by atoms with Crippen LogP contribution >= 0.6 is 0 Å². The van der Waals surface area contributed by atoms with E-state index >= 15 is 0 Å². The zero-order chi connectivity index (χ0) is 6.81. The maximum Gasteiger partial charge on any atom is 0.111 e. The molecule has 10 heavy (non-hydrogen) atoms. The second-order valence-corrected chi connectivity index (χ2v) is 2.53. The van der Waals surface area contributed by atoms with Gasteiger partial charge >= 0.3 is 0 Å². The fourth-order valence-electron chi connectivity index (χ4n) is 1.28. The lowest BCUT2D eigenvalue weighted by Gasteiger charge is -2.19. The van der Waals surface area contributed by atoms with Crippen molar-refractivity contribution in [3.8, 4) is 0 Å². The van der Waals surface area contributed by atoms with Crippen molar-refractivity contribution >= 4 is 6.21 Å². The number of fused-ring (bicyclic) bond motifs is 1. The number of nitrogens with zero attached hydrogens (tertiary/aromatic N) is 2. The van der Waals surface area contributed by atoms with Crippen LogP contribution < -0.4 is 5.43 Å². The standard InChI is InChI=1S/C8H9N2/c1-2-4-8-7(3-1)5-6-9-10-8/h2,4-6,8H,1,3H2. The summed E-state index contributed by atoms with van der Waals surface area (Å²) in [6.45, 7) is 0. The summed E-state index contributed by atoms with van der Waals surface area (Å²) in [7, 11) is 0. The van der Waals surface area contributed by atoms with E-state index in [0.717, 1.165) is 12.8 Å². The number of hydrogen-bond acceptors (Lipinski definition) is 1. The molecule has 0 aromatic rings. The molecular formula is C8H9N2. The highest BCUT2D eigenvalue weighted by Crippen LogP contribution is 2.19. The Balaban J connectivity index is 2.26. The lowest BCUT2D eigenvalue weighted by atomic mass is 9.96. The van der Waals surface area contributed by atoms with Crippen molar-refractivity contribution in [2.75, 3.05) is 0 Å². The van der Waals surface area contributed by atoms with Gasteiger partial charge in [-0.1, -0.05) is 12.2 Å². The molecule has 0 amide bonds. The van der Waals surface area contributed by atoms with Crippen LogP contribution in [0.4, 0.5) is 0 Å². The zero-order valence-electron chi connectivity index (χ0n) is 5.70.